The Labute approximate surface area is 160 Å². The first-order chi connectivity index (χ1) is 12.7. The number of carbonyl (C=O) groups is 1. The van der Waals surface area contributed by atoms with E-state index in [1.54, 1.807) is 21.1 Å². The van der Waals surface area contributed by atoms with Gasteiger partial charge in [-0.25, -0.2) is 4.79 Å². The number of amides is 2. The van der Waals surface area contributed by atoms with E-state index in [9.17, 15) is 4.79 Å². The van der Waals surface area contributed by atoms with Gasteiger partial charge in [0.05, 0.1) is 17.5 Å². The number of hydrogen-bond donors (Lipinski definition) is 4. The van der Waals surface area contributed by atoms with Crippen molar-refractivity contribution in [3.63, 3.8) is 0 Å². The van der Waals surface area contributed by atoms with Crippen molar-refractivity contribution in [2.45, 2.75) is 25.9 Å². The summed E-state index contributed by atoms with van der Waals surface area (Å²) in [5.41, 5.74) is 0.817. The number of quaternary nitrogens is 2. The van der Waals surface area contributed by atoms with Gasteiger partial charge in [0.2, 0.25) is 0 Å². The summed E-state index contributed by atoms with van der Waals surface area (Å²) in [4.78, 5) is 17.1. The van der Waals surface area contributed by atoms with Gasteiger partial charge in [-0.2, -0.15) is 0 Å². The quantitative estimate of drug-likeness (QED) is 0.594. The molecular formula is C20H30N4OS+2. The van der Waals surface area contributed by atoms with E-state index in [0.717, 1.165) is 18.8 Å². The zero-order valence-electron chi connectivity index (χ0n) is 15.6. The molecule has 0 saturated carbocycles. The molecule has 26 heavy (non-hydrogen) atoms. The van der Waals surface area contributed by atoms with Gasteiger partial charge in [-0.3, -0.25) is 0 Å². The predicted octanol–water partition coefficient (Wildman–Crippen LogP) is 0.803. The molecule has 2 atom stereocenters. The van der Waals surface area contributed by atoms with Gasteiger partial charge in [0.15, 0.2) is 0 Å². The maximum atomic E-state index is 12.4. The molecular weight excluding hydrogens is 344 g/mol. The molecule has 2 heterocycles. The van der Waals surface area contributed by atoms with Crippen LogP contribution in [0, 0.1) is 0 Å². The minimum atomic E-state index is -0.137. The van der Waals surface area contributed by atoms with Crippen LogP contribution in [0.15, 0.2) is 47.8 Å². The molecule has 6 heteroatoms. The Hall–Kier alpha value is -1.89. The standard InChI is InChI=1S/C20H28N4OS/c1-3-23-11-13-24(14-12-23)19(18-10-7-15-26-18)16(2)21-20(25)22-17-8-5-4-6-9-17/h4-10,15-16,19H,3,11-14H2,1-2H3,(H2,21,22,25)/p+2/t16-,19-/m0/s1. The average molecular weight is 375 g/mol. The number of piperazine rings is 1. The Morgan fingerprint density at radius 3 is 2.46 bits per heavy atom. The molecule has 1 aliphatic heterocycles. The number of hydrogen-bond acceptors (Lipinski definition) is 2. The Bertz CT molecular complexity index is 668. The van der Waals surface area contributed by atoms with E-state index in [2.05, 4.69) is 42.0 Å². The summed E-state index contributed by atoms with van der Waals surface area (Å²) in [5.74, 6) is 0. The molecule has 4 N–H and O–H groups in total. The van der Waals surface area contributed by atoms with Gasteiger partial charge in [0, 0.05) is 5.69 Å². The number of urea groups is 1. The molecule has 0 spiro atoms. The van der Waals surface area contributed by atoms with Crippen molar-refractivity contribution < 1.29 is 14.6 Å². The lowest BCUT2D eigenvalue weighted by Crippen LogP contribution is -3.28. The fourth-order valence-corrected chi connectivity index (χ4v) is 4.83. The van der Waals surface area contributed by atoms with Crippen LogP contribution < -0.4 is 20.4 Å². The third-order valence-electron chi connectivity index (χ3n) is 5.28. The molecule has 1 aromatic heterocycles. The second-order valence-electron chi connectivity index (χ2n) is 7.01. The van der Waals surface area contributed by atoms with E-state index in [1.165, 1.54) is 24.5 Å². The first kappa shape index (κ1) is 18.9. The van der Waals surface area contributed by atoms with E-state index in [1.807, 2.05) is 30.3 Å². The van der Waals surface area contributed by atoms with Gasteiger partial charge in [0.1, 0.15) is 32.2 Å². The SMILES string of the molecule is CC[NH+]1CC[NH+]([C@H](c2cccs2)[C@H](C)NC(=O)Nc2ccccc2)CC1. The highest BCUT2D eigenvalue weighted by Crippen LogP contribution is 2.20. The number of carbonyl (C=O) groups excluding carboxylic acids is 1. The first-order valence-electron chi connectivity index (χ1n) is 9.51. The van der Waals surface area contributed by atoms with Crippen molar-refractivity contribution in [1.29, 1.82) is 0 Å². The third-order valence-corrected chi connectivity index (χ3v) is 6.23. The lowest BCUT2D eigenvalue weighted by molar-refractivity contribution is -1.03. The molecule has 0 radical (unpaired) electrons. The zero-order chi connectivity index (χ0) is 18.4. The number of rotatable bonds is 6. The average Bonchev–Trinajstić information content (AvgIpc) is 3.17. The van der Waals surface area contributed by atoms with Gasteiger partial charge in [-0.1, -0.05) is 24.3 Å². The maximum Gasteiger partial charge on any atom is 0.319 e. The van der Waals surface area contributed by atoms with Gasteiger partial charge in [0.25, 0.3) is 0 Å². The second-order valence-corrected chi connectivity index (χ2v) is 7.99. The zero-order valence-corrected chi connectivity index (χ0v) is 16.4. The Morgan fingerprint density at radius 2 is 1.85 bits per heavy atom. The Balaban J connectivity index is 1.65. The van der Waals surface area contributed by atoms with E-state index >= 15 is 0 Å². The van der Waals surface area contributed by atoms with Crippen LogP contribution in [0.2, 0.25) is 0 Å². The van der Waals surface area contributed by atoms with Crippen LogP contribution in [0.4, 0.5) is 10.5 Å². The smallest absolute Gasteiger partial charge is 0.319 e. The number of likely N-dealkylation sites (N-methyl/N-ethyl adjacent to an activating group) is 1. The van der Waals surface area contributed by atoms with Crippen LogP contribution in [0.25, 0.3) is 0 Å². The summed E-state index contributed by atoms with van der Waals surface area (Å²) in [7, 11) is 0. The fraction of sp³-hybridized carbons (Fsp3) is 0.450. The molecule has 140 valence electrons. The van der Waals surface area contributed by atoms with Gasteiger partial charge in [-0.05, 0) is 37.4 Å². The lowest BCUT2D eigenvalue weighted by atomic mass is 10.0. The van der Waals surface area contributed by atoms with E-state index in [4.69, 9.17) is 0 Å². The van der Waals surface area contributed by atoms with Crippen molar-refractivity contribution in [3.8, 4) is 0 Å². The van der Waals surface area contributed by atoms with Gasteiger partial charge in [-0.15, -0.1) is 11.3 Å². The summed E-state index contributed by atoms with van der Waals surface area (Å²) < 4.78 is 0. The maximum absolute atomic E-state index is 12.4. The largest absolute Gasteiger partial charge is 0.329 e. The highest BCUT2D eigenvalue weighted by atomic mass is 32.1. The number of benzene rings is 1. The lowest BCUT2D eigenvalue weighted by Gasteiger charge is -2.36. The van der Waals surface area contributed by atoms with E-state index < -0.39 is 0 Å². The normalized spacial score (nSPS) is 22.4. The molecule has 0 bridgehead atoms. The molecule has 2 amide bonds. The number of para-hydroxylation sites is 1. The third kappa shape index (κ3) is 4.84. The molecule has 1 saturated heterocycles. The monoisotopic (exact) mass is 374 g/mol. The van der Waals surface area contributed by atoms with Crippen molar-refractivity contribution in [2.24, 2.45) is 0 Å². The topological polar surface area (TPSA) is 50.0 Å². The fourth-order valence-electron chi connectivity index (χ4n) is 3.84. The second kappa shape index (κ2) is 9.16. The van der Waals surface area contributed by atoms with Crippen molar-refractivity contribution >= 4 is 23.1 Å². The van der Waals surface area contributed by atoms with E-state index in [0.29, 0.717) is 6.04 Å². The summed E-state index contributed by atoms with van der Waals surface area (Å²) in [6.07, 6.45) is 0. The molecule has 1 aromatic carbocycles. The van der Waals surface area contributed by atoms with E-state index in [-0.39, 0.29) is 12.1 Å². The molecule has 0 aliphatic carbocycles. The van der Waals surface area contributed by atoms with Crippen molar-refractivity contribution in [1.82, 2.24) is 5.32 Å². The van der Waals surface area contributed by atoms with Crippen molar-refractivity contribution in [2.75, 3.05) is 38.0 Å². The van der Waals surface area contributed by atoms with Gasteiger partial charge < -0.3 is 20.4 Å². The van der Waals surface area contributed by atoms with Crippen LogP contribution in [0.1, 0.15) is 24.8 Å². The van der Waals surface area contributed by atoms with Crippen LogP contribution in [-0.4, -0.2) is 44.8 Å². The van der Waals surface area contributed by atoms with Crippen molar-refractivity contribution in [3.05, 3.63) is 52.7 Å². The number of nitrogens with one attached hydrogen (secondary N) is 4. The molecule has 3 rings (SSSR count). The highest BCUT2D eigenvalue weighted by Gasteiger charge is 2.35. The molecule has 1 aliphatic rings. The van der Waals surface area contributed by atoms with Crippen LogP contribution >= 0.6 is 11.3 Å². The Kier molecular flexibility index (Phi) is 6.66. The minimum absolute atomic E-state index is 0.0653. The summed E-state index contributed by atoms with van der Waals surface area (Å²) in [6.45, 7) is 10.3. The molecule has 1 fully saturated rings. The summed E-state index contributed by atoms with van der Waals surface area (Å²) >= 11 is 1.79. The molecule has 0 unspecified atom stereocenters. The van der Waals surface area contributed by atoms with Crippen LogP contribution in [-0.2, 0) is 0 Å². The number of thiophene rings is 1. The molecule has 5 nitrogen and oxygen atoms in total. The first-order valence-corrected chi connectivity index (χ1v) is 10.4. The highest BCUT2D eigenvalue weighted by molar-refractivity contribution is 7.10. The minimum Gasteiger partial charge on any atom is -0.329 e. The summed E-state index contributed by atoms with van der Waals surface area (Å²) in [6, 6.07) is 14.1. The van der Waals surface area contributed by atoms with Gasteiger partial charge >= 0.3 is 6.03 Å². The number of anilines is 1. The summed E-state index contributed by atoms with van der Waals surface area (Å²) in [5, 5.41) is 8.23. The molecule has 2 aromatic rings. The Morgan fingerprint density at radius 1 is 1.12 bits per heavy atom. The predicted molar refractivity (Wildman–Crippen MR) is 107 cm³/mol. The van der Waals surface area contributed by atoms with Crippen LogP contribution in [0.5, 0.6) is 0 Å². The van der Waals surface area contributed by atoms with Crippen LogP contribution in [0.3, 0.4) is 0 Å².